The summed E-state index contributed by atoms with van der Waals surface area (Å²) in [7, 11) is 0. The van der Waals surface area contributed by atoms with Gasteiger partial charge in [-0.3, -0.25) is 0 Å². The average Bonchev–Trinajstić information content (AvgIpc) is 2.96. The maximum atomic E-state index is 6.10. The summed E-state index contributed by atoms with van der Waals surface area (Å²) in [6.07, 6.45) is 10.1. The molecule has 1 unspecified atom stereocenters. The van der Waals surface area contributed by atoms with Crippen molar-refractivity contribution in [2.24, 2.45) is 5.92 Å². The van der Waals surface area contributed by atoms with Crippen LogP contribution in [0.2, 0.25) is 0 Å². The molecule has 202 valence electrons. The van der Waals surface area contributed by atoms with Crippen molar-refractivity contribution < 1.29 is 9.47 Å². The Morgan fingerprint density at radius 2 is 1.08 bits per heavy atom. The minimum atomic E-state index is -0.0193. The molecule has 4 aromatic carbocycles. The van der Waals surface area contributed by atoms with Crippen molar-refractivity contribution in [3.8, 4) is 23.0 Å². The second-order valence-corrected chi connectivity index (χ2v) is 10.9. The predicted molar refractivity (Wildman–Crippen MR) is 162 cm³/mol. The molecular formula is C35H40N2O2. The highest BCUT2D eigenvalue weighted by Crippen LogP contribution is 2.49. The van der Waals surface area contributed by atoms with Crippen LogP contribution in [-0.2, 0) is 5.41 Å². The summed E-state index contributed by atoms with van der Waals surface area (Å²) < 4.78 is 12.2. The minimum absolute atomic E-state index is 0.0193. The fraction of sp³-hybridized carbons (Fsp3) is 0.314. The van der Waals surface area contributed by atoms with Gasteiger partial charge in [0, 0.05) is 16.8 Å². The lowest BCUT2D eigenvalue weighted by molar-refractivity contribution is 0.241. The molecule has 0 amide bonds. The molecule has 0 saturated heterocycles. The zero-order valence-corrected chi connectivity index (χ0v) is 22.9. The smallest absolute Gasteiger partial charge is 0.127 e. The van der Waals surface area contributed by atoms with E-state index in [2.05, 4.69) is 55.5 Å². The lowest BCUT2D eigenvalue weighted by atomic mass is 9.61. The van der Waals surface area contributed by atoms with Gasteiger partial charge in [0.2, 0.25) is 0 Å². The SMILES string of the molecule is CCCCCC1CCCC(c2ccc(Oc3ccc(N)cc3)cc2)(c2ccc(Oc3ccc(N)cc3)cc2)C1. The van der Waals surface area contributed by atoms with Crippen LogP contribution in [0.15, 0.2) is 97.1 Å². The van der Waals surface area contributed by atoms with Crippen molar-refractivity contribution in [2.75, 3.05) is 11.5 Å². The van der Waals surface area contributed by atoms with E-state index in [1.165, 1.54) is 56.1 Å². The first-order chi connectivity index (χ1) is 19.0. The van der Waals surface area contributed by atoms with Crippen LogP contribution in [0.3, 0.4) is 0 Å². The standard InChI is InChI=1S/C35H40N2O2/c1-2-3-4-6-26-7-5-24-35(25-26,27-8-16-31(17-9-27)38-33-20-12-29(36)13-21-33)28-10-18-32(19-11-28)39-34-22-14-30(37)15-23-34/h8-23,26H,2-7,24-25,36-37H2,1H3. The van der Waals surface area contributed by atoms with Gasteiger partial charge < -0.3 is 20.9 Å². The summed E-state index contributed by atoms with van der Waals surface area (Å²) in [6.45, 7) is 2.28. The molecule has 0 spiro atoms. The van der Waals surface area contributed by atoms with Crippen LogP contribution in [0, 0.1) is 5.92 Å². The van der Waals surface area contributed by atoms with E-state index in [1.54, 1.807) is 0 Å². The van der Waals surface area contributed by atoms with Gasteiger partial charge in [-0.1, -0.05) is 69.7 Å². The number of rotatable bonds is 10. The molecule has 0 aromatic heterocycles. The Kier molecular flexibility index (Phi) is 8.41. The van der Waals surface area contributed by atoms with Gasteiger partial charge in [-0.2, -0.15) is 0 Å². The van der Waals surface area contributed by atoms with Crippen LogP contribution in [0.5, 0.6) is 23.0 Å². The molecule has 1 fully saturated rings. The molecule has 1 saturated carbocycles. The topological polar surface area (TPSA) is 70.5 Å². The highest BCUT2D eigenvalue weighted by atomic mass is 16.5. The molecule has 1 atom stereocenters. The largest absolute Gasteiger partial charge is 0.457 e. The highest BCUT2D eigenvalue weighted by Gasteiger charge is 2.39. The van der Waals surface area contributed by atoms with E-state index in [4.69, 9.17) is 20.9 Å². The fourth-order valence-electron chi connectivity index (χ4n) is 6.04. The normalized spacial score (nSPS) is 16.5. The van der Waals surface area contributed by atoms with Gasteiger partial charge in [-0.05, 0) is 103 Å². The first-order valence-corrected chi connectivity index (χ1v) is 14.3. The van der Waals surface area contributed by atoms with Gasteiger partial charge >= 0.3 is 0 Å². The third-order valence-corrected chi connectivity index (χ3v) is 8.11. The van der Waals surface area contributed by atoms with Gasteiger partial charge in [-0.15, -0.1) is 0 Å². The fourth-order valence-corrected chi connectivity index (χ4v) is 6.04. The van der Waals surface area contributed by atoms with Gasteiger partial charge in [-0.25, -0.2) is 0 Å². The van der Waals surface area contributed by atoms with Crippen molar-refractivity contribution in [1.82, 2.24) is 0 Å². The Hall–Kier alpha value is -3.92. The van der Waals surface area contributed by atoms with E-state index >= 15 is 0 Å². The lowest BCUT2D eigenvalue weighted by Gasteiger charge is -2.42. The van der Waals surface area contributed by atoms with Crippen LogP contribution in [0.4, 0.5) is 11.4 Å². The monoisotopic (exact) mass is 520 g/mol. The molecule has 1 aliphatic carbocycles. The van der Waals surface area contributed by atoms with Crippen molar-refractivity contribution in [3.05, 3.63) is 108 Å². The molecule has 4 nitrogen and oxygen atoms in total. The number of unbranched alkanes of at least 4 members (excludes halogenated alkanes) is 2. The predicted octanol–water partition coefficient (Wildman–Crippen LogP) is 9.49. The Morgan fingerprint density at radius 3 is 1.51 bits per heavy atom. The maximum Gasteiger partial charge on any atom is 0.127 e. The van der Waals surface area contributed by atoms with Crippen molar-refractivity contribution >= 4 is 11.4 Å². The summed E-state index contributed by atoms with van der Waals surface area (Å²) in [5.41, 5.74) is 15.8. The third kappa shape index (κ3) is 6.57. The number of hydrogen-bond donors (Lipinski definition) is 2. The maximum absolute atomic E-state index is 6.10. The van der Waals surface area contributed by atoms with E-state index in [1.807, 2.05) is 48.5 Å². The molecular weight excluding hydrogens is 480 g/mol. The zero-order chi connectivity index (χ0) is 27.1. The van der Waals surface area contributed by atoms with Crippen LogP contribution in [0.1, 0.15) is 69.4 Å². The molecule has 0 radical (unpaired) electrons. The van der Waals surface area contributed by atoms with Crippen LogP contribution in [0.25, 0.3) is 0 Å². The van der Waals surface area contributed by atoms with Crippen LogP contribution in [-0.4, -0.2) is 0 Å². The van der Waals surface area contributed by atoms with Gasteiger partial charge in [0.05, 0.1) is 0 Å². The number of nitrogen functional groups attached to an aromatic ring is 2. The molecule has 0 aliphatic heterocycles. The Morgan fingerprint density at radius 1 is 0.641 bits per heavy atom. The molecule has 0 bridgehead atoms. The summed E-state index contributed by atoms with van der Waals surface area (Å²) in [5, 5.41) is 0. The van der Waals surface area contributed by atoms with E-state index in [0.29, 0.717) is 0 Å². The molecule has 4 heteroatoms. The zero-order valence-electron chi connectivity index (χ0n) is 22.9. The summed E-state index contributed by atoms with van der Waals surface area (Å²) in [6, 6.07) is 32.5. The summed E-state index contributed by atoms with van der Waals surface area (Å²) >= 11 is 0. The Labute approximate surface area is 233 Å². The molecule has 5 rings (SSSR count). The summed E-state index contributed by atoms with van der Waals surface area (Å²) in [4.78, 5) is 0. The van der Waals surface area contributed by atoms with Crippen molar-refractivity contribution in [1.29, 1.82) is 0 Å². The van der Waals surface area contributed by atoms with Crippen LogP contribution < -0.4 is 20.9 Å². The third-order valence-electron chi connectivity index (χ3n) is 8.11. The van der Waals surface area contributed by atoms with Gasteiger partial charge in [0.1, 0.15) is 23.0 Å². The second-order valence-electron chi connectivity index (χ2n) is 10.9. The Balaban J connectivity index is 1.41. The molecule has 0 heterocycles. The van der Waals surface area contributed by atoms with Gasteiger partial charge in [0.25, 0.3) is 0 Å². The number of nitrogens with two attached hydrogens (primary N) is 2. The number of benzene rings is 4. The van der Waals surface area contributed by atoms with E-state index < -0.39 is 0 Å². The molecule has 4 N–H and O–H groups in total. The minimum Gasteiger partial charge on any atom is -0.457 e. The number of ether oxygens (including phenoxy) is 2. The first kappa shape index (κ1) is 26.7. The first-order valence-electron chi connectivity index (χ1n) is 14.3. The molecule has 4 aromatic rings. The quantitative estimate of drug-likeness (QED) is 0.161. The number of anilines is 2. The lowest BCUT2D eigenvalue weighted by Crippen LogP contribution is -2.34. The molecule has 1 aliphatic rings. The van der Waals surface area contributed by atoms with Crippen molar-refractivity contribution in [3.63, 3.8) is 0 Å². The van der Waals surface area contributed by atoms with Crippen molar-refractivity contribution in [2.45, 2.75) is 63.7 Å². The Bertz CT molecular complexity index is 1220. The summed E-state index contributed by atoms with van der Waals surface area (Å²) in [5.74, 6) is 3.98. The molecule has 39 heavy (non-hydrogen) atoms. The highest BCUT2D eigenvalue weighted by molar-refractivity contribution is 5.47. The van der Waals surface area contributed by atoms with Crippen LogP contribution >= 0.6 is 0 Å². The average molecular weight is 521 g/mol. The van der Waals surface area contributed by atoms with E-state index in [0.717, 1.165) is 46.7 Å². The number of hydrogen-bond acceptors (Lipinski definition) is 4. The van der Waals surface area contributed by atoms with E-state index in [-0.39, 0.29) is 5.41 Å². The van der Waals surface area contributed by atoms with Gasteiger partial charge in [0.15, 0.2) is 0 Å². The van der Waals surface area contributed by atoms with E-state index in [9.17, 15) is 0 Å². The second kappa shape index (κ2) is 12.3.